The van der Waals surface area contributed by atoms with Crippen LogP contribution in [0.15, 0.2) is 36.4 Å². The van der Waals surface area contributed by atoms with Crippen LogP contribution in [0.25, 0.3) is 0 Å². The Balaban J connectivity index is 2.18. The van der Waals surface area contributed by atoms with E-state index < -0.39 is 18.2 Å². The molecule has 0 spiro atoms. The highest BCUT2D eigenvalue weighted by atomic mass is 35.5. The molecule has 1 heterocycles. The number of carboxylic acid groups (broad SMARTS) is 1. The Hall–Kier alpha value is -2.66. The topological polar surface area (TPSA) is 91.6 Å². The largest absolute Gasteiger partial charge is 0.495 e. The summed E-state index contributed by atoms with van der Waals surface area (Å²) < 4.78 is 11.4. The molecule has 8 heteroatoms. The van der Waals surface area contributed by atoms with Crippen molar-refractivity contribution in [2.45, 2.75) is 18.6 Å². The average Bonchev–Trinajstić information content (AvgIpc) is 2.78. The van der Waals surface area contributed by atoms with Crippen LogP contribution in [-0.4, -0.2) is 29.3 Å². The number of nitriles is 1. The molecule has 1 aliphatic heterocycles. The Morgan fingerprint density at radius 1 is 1.41 bits per heavy atom. The normalized spacial score (nSPS) is 18.6. The van der Waals surface area contributed by atoms with Crippen LogP contribution in [0, 0.1) is 11.3 Å². The first-order valence-electron chi connectivity index (χ1n) is 7.99. The van der Waals surface area contributed by atoms with Crippen molar-refractivity contribution in [2.24, 2.45) is 0 Å². The van der Waals surface area contributed by atoms with Crippen molar-refractivity contribution in [3.63, 3.8) is 0 Å². The molecule has 27 heavy (non-hydrogen) atoms. The van der Waals surface area contributed by atoms with Crippen LogP contribution >= 0.6 is 23.8 Å². The summed E-state index contributed by atoms with van der Waals surface area (Å²) >= 11 is 11.8. The maximum atomic E-state index is 11.3. The number of carboxylic acids is 1. The zero-order valence-corrected chi connectivity index (χ0v) is 15.8. The van der Waals surface area contributed by atoms with Gasteiger partial charge in [0, 0.05) is 16.8 Å². The summed E-state index contributed by atoms with van der Waals surface area (Å²) in [7, 11) is 1.50. The number of nitrogens with zero attached hydrogens (tertiary/aromatic N) is 1. The van der Waals surface area contributed by atoms with Crippen molar-refractivity contribution >= 4 is 40.5 Å². The number of carbonyl (C=O) groups is 1. The van der Waals surface area contributed by atoms with E-state index in [1.807, 2.05) is 0 Å². The molecule has 0 amide bonds. The van der Waals surface area contributed by atoms with Gasteiger partial charge >= 0.3 is 5.97 Å². The maximum Gasteiger partial charge on any atom is 0.306 e. The summed E-state index contributed by atoms with van der Waals surface area (Å²) in [5.74, 6) is -0.575. The van der Waals surface area contributed by atoms with Gasteiger partial charge in [0.1, 0.15) is 22.9 Å². The molecule has 0 aliphatic carbocycles. The van der Waals surface area contributed by atoms with Gasteiger partial charge < -0.3 is 19.9 Å². The van der Waals surface area contributed by atoms with E-state index >= 15 is 0 Å². The first-order chi connectivity index (χ1) is 12.9. The lowest BCUT2D eigenvalue weighted by Crippen LogP contribution is -2.30. The molecule has 3 rings (SSSR count). The van der Waals surface area contributed by atoms with Gasteiger partial charge in [0.25, 0.3) is 0 Å². The summed E-state index contributed by atoms with van der Waals surface area (Å²) in [6, 6.07) is 12.4. The number of thiocarbonyl (C=S) groups is 1. The van der Waals surface area contributed by atoms with E-state index in [1.54, 1.807) is 36.4 Å². The summed E-state index contributed by atoms with van der Waals surface area (Å²) in [6.07, 6.45) is -1.89. The number of rotatable bonds is 4. The number of halogens is 1. The first-order valence-corrected chi connectivity index (χ1v) is 8.77. The lowest BCUT2D eigenvalue weighted by atomic mass is 9.97. The summed E-state index contributed by atoms with van der Waals surface area (Å²) in [5.41, 5.74) is 2.30. The molecule has 2 aromatic rings. The predicted octanol–water partition coefficient (Wildman–Crippen LogP) is 3.92. The number of anilines is 1. The number of hydrogen-bond acceptors (Lipinski definition) is 5. The minimum atomic E-state index is -1.04. The molecular weight excluding hydrogens is 388 g/mol. The van der Waals surface area contributed by atoms with Crippen molar-refractivity contribution in [1.82, 2.24) is 0 Å². The standard InChI is InChI=1S/C19H15ClN2O4S/c1-25-14-4-2-3-11(17(14)20)18-12-7-10(9-21)5-6-13(12)22-19(27)15(26-18)8-16(23)24/h2-7,15,18H,8H2,1H3,(H,22,27)(H,23,24). The third kappa shape index (κ3) is 3.88. The first kappa shape index (κ1) is 19.1. The van der Waals surface area contributed by atoms with Crippen molar-refractivity contribution in [3.05, 3.63) is 58.1 Å². The number of ether oxygens (including phenoxy) is 2. The summed E-state index contributed by atoms with van der Waals surface area (Å²) in [6.45, 7) is 0. The Kier molecular flexibility index (Phi) is 5.61. The van der Waals surface area contributed by atoms with E-state index in [2.05, 4.69) is 11.4 Å². The fraction of sp³-hybridized carbons (Fsp3) is 0.211. The number of hydrogen-bond donors (Lipinski definition) is 2. The lowest BCUT2D eigenvalue weighted by molar-refractivity contribution is -0.139. The molecule has 0 saturated heterocycles. The maximum absolute atomic E-state index is 11.3. The SMILES string of the molecule is COc1cccc(C2OC(CC(=O)O)C(=S)Nc3ccc(C#N)cc32)c1Cl. The van der Waals surface area contributed by atoms with Crippen LogP contribution in [-0.2, 0) is 9.53 Å². The van der Waals surface area contributed by atoms with Crippen LogP contribution in [0.3, 0.4) is 0 Å². The highest BCUT2D eigenvalue weighted by Gasteiger charge is 2.32. The van der Waals surface area contributed by atoms with Crippen LogP contribution in [0.2, 0.25) is 5.02 Å². The quantitative estimate of drug-likeness (QED) is 0.748. The Labute approximate surface area is 166 Å². The van der Waals surface area contributed by atoms with E-state index in [4.69, 9.17) is 33.3 Å². The molecule has 2 unspecified atom stereocenters. The zero-order chi connectivity index (χ0) is 19.6. The van der Waals surface area contributed by atoms with Crippen molar-refractivity contribution in [2.75, 3.05) is 12.4 Å². The van der Waals surface area contributed by atoms with Crippen LogP contribution in [0.1, 0.15) is 29.2 Å². The highest BCUT2D eigenvalue weighted by Crippen LogP contribution is 2.41. The van der Waals surface area contributed by atoms with E-state index in [9.17, 15) is 15.2 Å². The number of aliphatic carboxylic acids is 1. The number of methoxy groups -OCH3 is 1. The minimum absolute atomic E-state index is 0.255. The number of benzene rings is 2. The monoisotopic (exact) mass is 402 g/mol. The molecule has 1 aliphatic rings. The summed E-state index contributed by atoms with van der Waals surface area (Å²) in [4.78, 5) is 11.5. The van der Waals surface area contributed by atoms with Crippen molar-refractivity contribution < 1.29 is 19.4 Å². The van der Waals surface area contributed by atoms with E-state index in [1.165, 1.54) is 7.11 Å². The third-order valence-corrected chi connectivity index (χ3v) is 4.94. The lowest BCUT2D eigenvalue weighted by Gasteiger charge is -2.23. The molecule has 0 radical (unpaired) electrons. The van der Waals surface area contributed by atoms with Gasteiger partial charge in [0.05, 0.1) is 30.2 Å². The second kappa shape index (κ2) is 7.92. The van der Waals surface area contributed by atoms with Crippen LogP contribution < -0.4 is 10.1 Å². The van der Waals surface area contributed by atoms with Gasteiger partial charge in [-0.05, 0) is 24.3 Å². The van der Waals surface area contributed by atoms with E-state index in [-0.39, 0.29) is 11.4 Å². The van der Waals surface area contributed by atoms with Crippen LogP contribution in [0.5, 0.6) is 5.75 Å². The molecule has 0 bridgehead atoms. The molecule has 0 saturated carbocycles. The second-order valence-electron chi connectivity index (χ2n) is 5.87. The number of nitrogens with one attached hydrogen (secondary N) is 1. The van der Waals surface area contributed by atoms with Gasteiger partial charge in [0.15, 0.2) is 0 Å². The molecule has 0 aromatic heterocycles. The van der Waals surface area contributed by atoms with Crippen molar-refractivity contribution in [3.8, 4) is 11.8 Å². The molecule has 2 atom stereocenters. The van der Waals surface area contributed by atoms with Crippen molar-refractivity contribution in [1.29, 1.82) is 5.26 Å². The molecule has 6 nitrogen and oxygen atoms in total. The average molecular weight is 403 g/mol. The fourth-order valence-electron chi connectivity index (χ4n) is 2.90. The van der Waals surface area contributed by atoms with Gasteiger partial charge in [0.2, 0.25) is 0 Å². The summed E-state index contributed by atoms with van der Waals surface area (Å²) in [5, 5.41) is 21.9. The molecule has 2 aromatic carbocycles. The molecule has 0 fully saturated rings. The number of fused-ring (bicyclic) bond motifs is 1. The van der Waals surface area contributed by atoms with Gasteiger partial charge in [-0.15, -0.1) is 0 Å². The molecular formula is C19H15ClN2O4S. The Morgan fingerprint density at radius 2 is 2.19 bits per heavy atom. The van der Waals surface area contributed by atoms with Crippen LogP contribution in [0.4, 0.5) is 5.69 Å². The molecule has 2 N–H and O–H groups in total. The van der Waals surface area contributed by atoms with E-state index in [0.29, 0.717) is 33.1 Å². The van der Waals surface area contributed by atoms with Gasteiger partial charge in [-0.3, -0.25) is 4.79 Å². The zero-order valence-electron chi connectivity index (χ0n) is 14.2. The van der Waals surface area contributed by atoms with E-state index in [0.717, 1.165) is 0 Å². The van der Waals surface area contributed by atoms with Gasteiger partial charge in [-0.2, -0.15) is 5.26 Å². The second-order valence-corrected chi connectivity index (χ2v) is 6.69. The Bertz CT molecular complexity index is 957. The fourth-order valence-corrected chi connectivity index (χ4v) is 3.45. The smallest absolute Gasteiger partial charge is 0.306 e. The minimum Gasteiger partial charge on any atom is -0.495 e. The third-order valence-electron chi connectivity index (χ3n) is 4.17. The highest BCUT2D eigenvalue weighted by molar-refractivity contribution is 7.80. The molecule has 138 valence electrons. The van der Waals surface area contributed by atoms with Gasteiger partial charge in [-0.1, -0.05) is 36.0 Å². The predicted molar refractivity (Wildman–Crippen MR) is 104 cm³/mol. The Morgan fingerprint density at radius 3 is 2.85 bits per heavy atom. The van der Waals surface area contributed by atoms with Gasteiger partial charge in [-0.25, -0.2) is 0 Å².